The molecule has 3 rings (SSSR count). The van der Waals surface area contributed by atoms with Crippen molar-refractivity contribution < 1.29 is 27.5 Å². The fraction of sp³-hybridized carbons (Fsp3) is 0.286. The molecule has 0 aliphatic carbocycles. The van der Waals surface area contributed by atoms with Gasteiger partial charge in [0, 0.05) is 19.7 Å². The van der Waals surface area contributed by atoms with Gasteiger partial charge in [0.1, 0.15) is 13.2 Å². The molecule has 164 valence electrons. The van der Waals surface area contributed by atoms with Crippen LogP contribution in [-0.2, 0) is 24.3 Å². The van der Waals surface area contributed by atoms with Crippen molar-refractivity contribution in [3.05, 3.63) is 60.2 Å². The number of anilines is 2. The van der Waals surface area contributed by atoms with E-state index in [2.05, 4.69) is 0 Å². The fourth-order valence-corrected chi connectivity index (χ4v) is 4.23. The first-order valence-electron chi connectivity index (χ1n) is 9.45. The number of hydrogen-bond acceptors (Lipinski definition) is 6. The van der Waals surface area contributed by atoms with Gasteiger partial charge in [-0.05, 0) is 29.8 Å². The summed E-state index contributed by atoms with van der Waals surface area (Å²) in [6, 6.07) is 14.5. The van der Waals surface area contributed by atoms with Crippen molar-refractivity contribution in [1.29, 1.82) is 0 Å². The van der Waals surface area contributed by atoms with E-state index in [9.17, 15) is 22.8 Å². The van der Waals surface area contributed by atoms with Crippen LogP contribution < -0.4 is 9.21 Å². The molecule has 0 aromatic heterocycles. The highest BCUT2D eigenvalue weighted by molar-refractivity contribution is 7.92. The third kappa shape index (κ3) is 4.85. The second-order valence-electron chi connectivity index (χ2n) is 7.15. The average Bonchev–Trinajstić information content (AvgIpc) is 3.08. The molecule has 1 unspecified atom stereocenters. The summed E-state index contributed by atoms with van der Waals surface area (Å²) in [5, 5.41) is 0. The molecule has 1 fully saturated rings. The summed E-state index contributed by atoms with van der Waals surface area (Å²) in [7, 11) is -2.40. The Hall–Kier alpha value is -3.40. The molecule has 0 spiro atoms. The SMILES string of the molecule is CC(=O)N(C)c1ccc(N(C(=O)CN2C(=O)OCC2c2ccccc2)S(C)(=O)=O)cc1. The number of hydrogen-bond donors (Lipinski definition) is 0. The number of carbonyl (C=O) groups is 3. The predicted octanol–water partition coefficient (Wildman–Crippen LogP) is 2.16. The molecule has 0 radical (unpaired) electrons. The smallest absolute Gasteiger partial charge is 0.410 e. The molecule has 2 aromatic carbocycles. The maximum absolute atomic E-state index is 13.0. The van der Waals surface area contributed by atoms with Gasteiger partial charge in [-0.25, -0.2) is 17.5 Å². The topological polar surface area (TPSA) is 104 Å². The zero-order valence-electron chi connectivity index (χ0n) is 17.4. The standard InChI is InChI=1S/C21H23N3O6S/c1-15(25)22(2)17-9-11-18(12-10-17)24(31(3,28)29)20(26)13-23-19(14-30-21(23)27)16-7-5-4-6-8-16/h4-12,19H,13-14H2,1-3H3. The second-order valence-corrected chi connectivity index (χ2v) is 8.98. The number of rotatable bonds is 6. The molecule has 0 bridgehead atoms. The Labute approximate surface area is 180 Å². The zero-order chi connectivity index (χ0) is 22.8. The Morgan fingerprint density at radius 2 is 1.65 bits per heavy atom. The van der Waals surface area contributed by atoms with Crippen LogP contribution in [0.3, 0.4) is 0 Å². The summed E-state index contributed by atoms with van der Waals surface area (Å²) in [5.41, 5.74) is 1.44. The summed E-state index contributed by atoms with van der Waals surface area (Å²) in [4.78, 5) is 39.4. The Morgan fingerprint density at radius 3 is 2.19 bits per heavy atom. The zero-order valence-corrected chi connectivity index (χ0v) is 18.2. The van der Waals surface area contributed by atoms with Gasteiger partial charge in [-0.15, -0.1) is 0 Å². The lowest BCUT2D eigenvalue weighted by Crippen LogP contribution is -2.44. The molecule has 0 N–H and O–H groups in total. The predicted molar refractivity (Wildman–Crippen MR) is 115 cm³/mol. The number of amides is 3. The van der Waals surface area contributed by atoms with Gasteiger partial charge in [0.2, 0.25) is 15.9 Å². The monoisotopic (exact) mass is 445 g/mol. The van der Waals surface area contributed by atoms with Crippen molar-refractivity contribution in [3.8, 4) is 0 Å². The maximum Gasteiger partial charge on any atom is 0.410 e. The van der Waals surface area contributed by atoms with Gasteiger partial charge in [0.25, 0.3) is 5.91 Å². The van der Waals surface area contributed by atoms with E-state index in [0.29, 0.717) is 9.99 Å². The number of cyclic esters (lactones) is 1. The molecule has 1 aliphatic heterocycles. The molecular weight excluding hydrogens is 422 g/mol. The first-order chi connectivity index (χ1) is 14.6. The second kappa shape index (κ2) is 8.76. The van der Waals surface area contributed by atoms with Crippen molar-refractivity contribution in [3.63, 3.8) is 0 Å². The molecule has 1 saturated heterocycles. The van der Waals surface area contributed by atoms with Crippen LogP contribution in [0.25, 0.3) is 0 Å². The van der Waals surface area contributed by atoms with Gasteiger partial charge < -0.3 is 9.64 Å². The Balaban J connectivity index is 1.87. The maximum atomic E-state index is 13.0. The van der Waals surface area contributed by atoms with Crippen LogP contribution in [0.4, 0.5) is 16.2 Å². The first kappa shape index (κ1) is 22.3. The minimum absolute atomic E-state index is 0.0705. The van der Waals surface area contributed by atoms with E-state index in [4.69, 9.17) is 4.74 Å². The third-order valence-corrected chi connectivity index (χ3v) is 6.05. The van der Waals surface area contributed by atoms with Gasteiger partial charge in [0.05, 0.1) is 18.0 Å². The van der Waals surface area contributed by atoms with E-state index >= 15 is 0 Å². The molecule has 2 aromatic rings. The average molecular weight is 445 g/mol. The molecular formula is C21H23N3O6S. The van der Waals surface area contributed by atoms with E-state index in [1.165, 1.54) is 28.9 Å². The van der Waals surface area contributed by atoms with Gasteiger partial charge in [0.15, 0.2) is 0 Å². The van der Waals surface area contributed by atoms with E-state index in [1.54, 1.807) is 31.3 Å². The van der Waals surface area contributed by atoms with Crippen molar-refractivity contribution in [2.24, 2.45) is 0 Å². The fourth-order valence-electron chi connectivity index (χ4n) is 3.30. The van der Waals surface area contributed by atoms with Crippen LogP contribution in [0.5, 0.6) is 0 Å². The Bertz CT molecular complexity index is 1090. The Morgan fingerprint density at radius 1 is 1.06 bits per heavy atom. The highest BCUT2D eigenvalue weighted by atomic mass is 32.2. The molecule has 1 atom stereocenters. The van der Waals surface area contributed by atoms with E-state index in [-0.39, 0.29) is 18.2 Å². The van der Waals surface area contributed by atoms with Crippen molar-refractivity contribution in [1.82, 2.24) is 4.90 Å². The van der Waals surface area contributed by atoms with Crippen LogP contribution in [0.15, 0.2) is 54.6 Å². The summed E-state index contributed by atoms with van der Waals surface area (Å²) in [5.74, 6) is -0.988. The highest BCUT2D eigenvalue weighted by Crippen LogP contribution is 2.29. The summed E-state index contributed by atoms with van der Waals surface area (Å²) in [6.45, 7) is 1.00. The van der Waals surface area contributed by atoms with Gasteiger partial charge in [-0.3, -0.25) is 14.5 Å². The minimum Gasteiger partial charge on any atom is -0.447 e. The normalized spacial score (nSPS) is 16.0. The number of sulfonamides is 1. The molecule has 9 nitrogen and oxygen atoms in total. The van der Waals surface area contributed by atoms with E-state index in [0.717, 1.165) is 11.8 Å². The molecule has 1 heterocycles. The molecule has 0 saturated carbocycles. The highest BCUT2D eigenvalue weighted by Gasteiger charge is 2.38. The lowest BCUT2D eigenvalue weighted by Gasteiger charge is -2.26. The Kier molecular flexibility index (Phi) is 6.30. The molecule has 3 amide bonds. The van der Waals surface area contributed by atoms with Crippen molar-refractivity contribution >= 4 is 39.3 Å². The third-order valence-electron chi connectivity index (χ3n) is 4.97. The number of benzene rings is 2. The molecule has 1 aliphatic rings. The first-order valence-corrected chi connectivity index (χ1v) is 11.3. The summed E-state index contributed by atoms with van der Waals surface area (Å²) < 4.78 is 30.6. The number of carbonyl (C=O) groups excluding carboxylic acids is 3. The minimum atomic E-state index is -3.98. The van der Waals surface area contributed by atoms with Crippen molar-refractivity contribution in [2.75, 3.05) is 35.7 Å². The van der Waals surface area contributed by atoms with Crippen LogP contribution in [0, 0.1) is 0 Å². The van der Waals surface area contributed by atoms with Crippen LogP contribution in [-0.4, -0.2) is 57.7 Å². The quantitative estimate of drug-likeness (QED) is 0.675. The van der Waals surface area contributed by atoms with Crippen LogP contribution >= 0.6 is 0 Å². The molecule has 31 heavy (non-hydrogen) atoms. The lowest BCUT2D eigenvalue weighted by atomic mass is 10.1. The summed E-state index contributed by atoms with van der Waals surface area (Å²) in [6.07, 6.45) is 0.228. The van der Waals surface area contributed by atoms with Crippen molar-refractivity contribution in [2.45, 2.75) is 13.0 Å². The van der Waals surface area contributed by atoms with E-state index < -0.39 is 34.6 Å². The van der Waals surface area contributed by atoms with Crippen LogP contribution in [0.1, 0.15) is 18.5 Å². The largest absolute Gasteiger partial charge is 0.447 e. The van der Waals surface area contributed by atoms with Gasteiger partial charge >= 0.3 is 6.09 Å². The van der Waals surface area contributed by atoms with Crippen LogP contribution in [0.2, 0.25) is 0 Å². The lowest BCUT2D eigenvalue weighted by molar-refractivity contribution is -0.118. The van der Waals surface area contributed by atoms with Gasteiger partial charge in [-0.1, -0.05) is 30.3 Å². The van der Waals surface area contributed by atoms with E-state index in [1.807, 2.05) is 18.2 Å². The number of ether oxygens (including phenoxy) is 1. The number of nitrogens with zero attached hydrogens (tertiary/aromatic N) is 3. The molecule has 10 heteroatoms. The summed E-state index contributed by atoms with van der Waals surface area (Å²) >= 11 is 0. The van der Waals surface area contributed by atoms with Gasteiger partial charge in [-0.2, -0.15) is 0 Å².